The van der Waals surface area contributed by atoms with Crippen LogP contribution in [0, 0.1) is 23.7 Å². The molecule has 8 heteroatoms. The number of aliphatic hydroxyl groups excluding tert-OH is 2. The van der Waals surface area contributed by atoms with Crippen LogP contribution in [0.2, 0.25) is 0 Å². The van der Waals surface area contributed by atoms with Gasteiger partial charge in [-0.25, -0.2) is 9.59 Å². The van der Waals surface area contributed by atoms with Crippen LogP contribution >= 0.6 is 0 Å². The van der Waals surface area contributed by atoms with E-state index in [-0.39, 0.29) is 13.2 Å². The van der Waals surface area contributed by atoms with Gasteiger partial charge in [-0.1, -0.05) is 0 Å². The highest BCUT2D eigenvalue weighted by Gasteiger charge is 2.23. The molecular weight excluding hydrogens is 416 g/mol. The smallest absolute Gasteiger partial charge is 0.434 e. The fourth-order valence-electron chi connectivity index (χ4n) is 4.49. The molecule has 0 amide bonds. The van der Waals surface area contributed by atoms with Crippen molar-refractivity contribution in [1.82, 2.24) is 0 Å². The monoisotopic (exact) mass is 458 g/mol. The third kappa shape index (κ3) is 11.4. The first kappa shape index (κ1) is 26.7. The highest BCUT2D eigenvalue weighted by atomic mass is 16.7. The highest BCUT2D eigenvalue weighted by Crippen LogP contribution is 2.29. The van der Waals surface area contributed by atoms with Crippen LogP contribution in [0.1, 0.15) is 77.0 Å². The molecule has 0 bridgehead atoms. The summed E-state index contributed by atoms with van der Waals surface area (Å²) in [6.07, 6.45) is 9.96. The van der Waals surface area contributed by atoms with E-state index in [1.807, 2.05) is 0 Å². The number of rotatable bonds is 13. The summed E-state index contributed by atoms with van der Waals surface area (Å²) in [4.78, 5) is 23.3. The summed E-state index contributed by atoms with van der Waals surface area (Å²) in [6.45, 7) is 1.95. The van der Waals surface area contributed by atoms with E-state index in [4.69, 9.17) is 29.2 Å². The first-order valence-corrected chi connectivity index (χ1v) is 12.4. The Bertz CT molecular complexity index is 464. The largest absolute Gasteiger partial charge is 0.508 e. The average molecular weight is 459 g/mol. The van der Waals surface area contributed by atoms with Crippen molar-refractivity contribution in [3.05, 3.63) is 0 Å². The van der Waals surface area contributed by atoms with E-state index in [2.05, 4.69) is 0 Å². The SMILES string of the molecule is O=C(OCCCCCCOC(=O)OCC1CCC(CO)CC1)OCC1CCC(CO)CC1. The van der Waals surface area contributed by atoms with Crippen molar-refractivity contribution in [2.24, 2.45) is 23.7 Å². The van der Waals surface area contributed by atoms with Crippen LogP contribution in [0.4, 0.5) is 9.59 Å². The zero-order valence-electron chi connectivity index (χ0n) is 19.4. The highest BCUT2D eigenvalue weighted by molar-refractivity contribution is 5.60. The van der Waals surface area contributed by atoms with Gasteiger partial charge >= 0.3 is 12.3 Å². The van der Waals surface area contributed by atoms with Gasteiger partial charge in [0.1, 0.15) is 0 Å². The van der Waals surface area contributed by atoms with Crippen molar-refractivity contribution in [3.8, 4) is 0 Å². The quantitative estimate of drug-likeness (QED) is 0.308. The molecule has 186 valence electrons. The summed E-state index contributed by atoms with van der Waals surface area (Å²) < 4.78 is 20.6. The van der Waals surface area contributed by atoms with Gasteiger partial charge < -0.3 is 29.2 Å². The van der Waals surface area contributed by atoms with E-state index in [0.29, 0.717) is 50.1 Å². The Morgan fingerprint density at radius 3 is 1.22 bits per heavy atom. The predicted octanol–water partition coefficient (Wildman–Crippen LogP) is 4.45. The van der Waals surface area contributed by atoms with Crippen LogP contribution in [0.15, 0.2) is 0 Å². The van der Waals surface area contributed by atoms with Crippen molar-refractivity contribution in [3.63, 3.8) is 0 Å². The lowest BCUT2D eigenvalue weighted by Gasteiger charge is -2.26. The standard InChI is InChI=1S/C24H42O8/c25-15-19-5-9-21(10-6-19)17-31-23(27)29-13-3-1-2-4-14-30-24(28)32-18-22-11-7-20(16-26)8-12-22/h19-22,25-26H,1-18H2. The first-order valence-electron chi connectivity index (χ1n) is 12.4. The maximum atomic E-state index is 11.7. The van der Waals surface area contributed by atoms with Gasteiger partial charge in [0.15, 0.2) is 0 Å². The maximum absolute atomic E-state index is 11.7. The molecule has 2 saturated carbocycles. The van der Waals surface area contributed by atoms with Gasteiger partial charge in [0.2, 0.25) is 0 Å². The molecular formula is C24H42O8. The fourth-order valence-corrected chi connectivity index (χ4v) is 4.49. The molecule has 0 aromatic heterocycles. The van der Waals surface area contributed by atoms with Gasteiger partial charge in [-0.2, -0.15) is 0 Å². The average Bonchev–Trinajstić information content (AvgIpc) is 2.83. The van der Waals surface area contributed by atoms with E-state index >= 15 is 0 Å². The third-order valence-electron chi connectivity index (χ3n) is 6.80. The van der Waals surface area contributed by atoms with Gasteiger partial charge in [-0.3, -0.25) is 0 Å². The number of hydrogen-bond donors (Lipinski definition) is 2. The Kier molecular flexibility index (Phi) is 13.5. The van der Waals surface area contributed by atoms with E-state index < -0.39 is 12.3 Å². The normalized spacial score (nSPS) is 25.7. The Morgan fingerprint density at radius 1 is 0.531 bits per heavy atom. The molecule has 0 aromatic carbocycles. The second kappa shape index (κ2) is 16.1. The summed E-state index contributed by atoms with van der Waals surface area (Å²) in [5, 5.41) is 18.3. The second-order valence-electron chi connectivity index (χ2n) is 9.37. The molecule has 32 heavy (non-hydrogen) atoms. The van der Waals surface area contributed by atoms with Crippen LogP contribution in [0.3, 0.4) is 0 Å². The van der Waals surface area contributed by atoms with Crippen LogP contribution < -0.4 is 0 Å². The van der Waals surface area contributed by atoms with Gasteiger partial charge in [0.05, 0.1) is 26.4 Å². The van der Waals surface area contributed by atoms with Gasteiger partial charge in [0.25, 0.3) is 0 Å². The molecule has 0 heterocycles. The molecule has 0 aliphatic heterocycles. The van der Waals surface area contributed by atoms with Gasteiger partial charge in [-0.05, 0) is 101 Å². The van der Waals surface area contributed by atoms with Crippen molar-refractivity contribution in [2.45, 2.75) is 77.0 Å². The summed E-state index contributed by atoms with van der Waals surface area (Å²) >= 11 is 0. The minimum atomic E-state index is -0.606. The Hall–Kier alpha value is -1.54. The van der Waals surface area contributed by atoms with Gasteiger partial charge in [-0.15, -0.1) is 0 Å². The van der Waals surface area contributed by atoms with E-state index in [1.165, 1.54) is 0 Å². The van der Waals surface area contributed by atoms with Gasteiger partial charge in [0, 0.05) is 13.2 Å². The Balaban J connectivity index is 1.34. The maximum Gasteiger partial charge on any atom is 0.508 e. The lowest BCUT2D eigenvalue weighted by atomic mass is 9.83. The van der Waals surface area contributed by atoms with Crippen LogP contribution in [0.5, 0.6) is 0 Å². The van der Waals surface area contributed by atoms with E-state index in [1.54, 1.807) is 0 Å². The number of ether oxygens (including phenoxy) is 4. The molecule has 2 aliphatic rings. The molecule has 0 aromatic rings. The topological polar surface area (TPSA) is 112 Å². The summed E-state index contributed by atoms with van der Waals surface area (Å²) in [7, 11) is 0. The van der Waals surface area contributed by atoms with Crippen LogP contribution in [-0.2, 0) is 18.9 Å². The van der Waals surface area contributed by atoms with Crippen molar-refractivity contribution < 1.29 is 38.7 Å². The van der Waals surface area contributed by atoms with E-state index in [9.17, 15) is 9.59 Å². The lowest BCUT2D eigenvalue weighted by molar-refractivity contribution is 0.0318. The molecule has 8 nitrogen and oxygen atoms in total. The molecule has 0 atom stereocenters. The van der Waals surface area contributed by atoms with Crippen molar-refractivity contribution in [2.75, 3.05) is 39.6 Å². The zero-order valence-corrected chi connectivity index (χ0v) is 19.4. The van der Waals surface area contributed by atoms with E-state index in [0.717, 1.165) is 77.0 Å². The minimum Gasteiger partial charge on any atom is -0.434 e. The molecule has 2 rings (SSSR count). The summed E-state index contributed by atoms with van der Waals surface area (Å²) in [5.74, 6) is 1.55. The first-order chi connectivity index (χ1) is 15.6. The molecule has 2 N–H and O–H groups in total. The molecule has 2 fully saturated rings. The minimum absolute atomic E-state index is 0.249. The number of carbonyl (C=O) groups excluding carboxylic acids is 2. The Morgan fingerprint density at radius 2 is 0.875 bits per heavy atom. The summed E-state index contributed by atoms with van der Waals surface area (Å²) in [5.41, 5.74) is 0. The molecule has 2 aliphatic carbocycles. The van der Waals surface area contributed by atoms with Crippen molar-refractivity contribution >= 4 is 12.3 Å². The third-order valence-corrected chi connectivity index (χ3v) is 6.80. The zero-order chi connectivity index (χ0) is 23.0. The number of aliphatic hydroxyl groups is 2. The fraction of sp³-hybridized carbons (Fsp3) is 0.917. The second-order valence-corrected chi connectivity index (χ2v) is 9.37. The number of unbranched alkanes of at least 4 members (excludes halogenated alkanes) is 3. The van der Waals surface area contributed by atoms with Crippen LogP contribution in [0.25, 0.3) is 0 Å². The molecule has 0 unspecified atom stereocenters. The summed E-state index contributed by atoms with van der Waals surface area (Å²) in [6, 6.07) is 0. The number of carbonyl (C=O) groups is 2. The molecule has 0 saturated heterocycles. The van der Waals surface area contributed by atoms with Crippen molar-refractivity contribution in [1.29, 1.82) is 0 Å². The molecule has 0 spiro atoms. The number of hydrogen-bond acceptors (Lipinski definition) is 8. The molecule has 0 radical (unpaired) electrons. The Labute approximate surface area is 191 Å². The predicted molar refractivity (Wildman–Crippen MR) is 118 cm³/mol. The van der Waals surface area contributed by atoms with Crippen LogP contribution in [-0.4, -0.2) is 62.2 Å². The lowest BCUT2D eigenvalue weighted by Crippen LogP contribution is -2.22.